The Morgan fingerprint density at radius 2 is 1.06 bits per heavy atom. The maximum atomic E-state index is 13.0. The van der Waals surface area contributed by atoms with Crippen molar-refractivity contribution in [3.63, 3.8) is 0 Å². The summed E-state index contributed by atoms with van der Waals surface area (Å²) in [5.74, 6) is -7.44. The van der Waals surface area contributed by atoms with Gasteiger partial charge >= 0.3 is 47.9 Å². The highest BCUT2D eigenvalue weighted by molar-refractivity contribution is 5.81. The second kappa shape index (κ2) is 25.3. The summed E-state index contributed by atoms with van der Waals surface area (Å²) in [6.07, 6.45) is -15.1. The lowest BCUT2D eigenvalue weighted by Gasteiger charge is -2.49. The van der Waals surface area contributed by atoms with E-state index in [1.54, 1.807) is 0 Å². The number of hydrogen-bond donors (Lipinski definition) is 3. The van der Waals surface area contributed by atoms with Crippen molar-refractivity contribution >= 4 is 53.8 Å². The van der Waals surface area contributed by atoms with Crippen molar-refractivity contribution in [3.05, 3.63) is 59.7 Å². The molecule has 5 rings (SSSR count). The van der Waals surface area contributed by atoms with Crippen LogP contribution < -0.4 is 10.6 Å². The summed E-state index contributed by atoms with van der Waals surface area (Å²) < 4.78 is 63.1. The Balaban J connectivity index is 1.35. The number of benzene rings is 2. The van der Waals surface area contributed by atoms with Gasteiger partial charge in [-0.2, -0.15) is 0 Å². The molecule has 3 N–H and O–H groups in total. The highest BCUT2D eigenvalue weighted by atomic mass is 16.8. The third-order valence-corrected chi connectivity index (χ3v) is 11.1. The molecule has 382 valence electrons. The van der Waals surface area contributed by atoms with Crippen molar-refractivity contribution < 1.29 is 100 Å². The van der Waals surface area contributed by atoms with Crippen LogP contribution in [0.3, 0.4) is 0 Å². The lowest BCUT2D eigenvalue weighted by atomic mass is 9.94. The van der Waals surface area contributed by atoms with Crippen LogP contribution in [0.2, 0.25) is 0 Å². The van der Waals surface area contributed by atoms with E-state index in [0.717, 1.165) is 70.7 Å². The Morgan fingerprint density at radius 3 is 1.56 bits per heavy atom. The molecule has 2 aromatic carbocycles. The largest absolute Gasteiger partial charge is 0.480 e. The number of carboxylic acids is 1. The van der Waals surface area contributed by atoms with Crippen LogP contribution in [0.25, 0.3) is 11.1 Å². The zero-order chi connectivity index (χ0) is 51.2. The molecule has 0 saturated carbocycles. The molecule has 0 aromatic heterocycles. The number of aliphatic carboxylic acids is 1. The predicted molar refractivity (Wildman–Crippen MR) is 235 cm³/mol. The summed E-state index contributed by atoms with van der Waals surface area (Å²) in [7, 11) is 0. The van der Waals surface area contributed by atoms with Crippen molar-refractivity contribution in [2.75, 3.05) is 26.4 Å². The van der Waals surface area contributed by atoms with Crippen LogP contribution in [-0.2, 0) is 90.5 Å². The molecule has 2 heterocycles. The van der Waals surface area contributed by atoms with Gasteiger partial charge in [0.05, 0.1) is 0 Å². The third kappa shape index (κ3) is 14.9. The lowest BCUT2D eigenvalue weighted by molar-refractivity contribution is -0.347. The van der Waals surface area contributed by atoms with Gasteiger partial charge < -0.3 is 67.8 Å². The van der Waals surface area contributed by atoms with Gasteiger partial charge in [0.1, 0.15) is 50.2 Å². The maximum Gasteiger partial charge on any atom is 0.407 e. The maximum absolute atomic E-state index is 13.0. The number of carbonyl (C=O) groups excluding carboxylic acids is 8. The molecular weight excluding hydrogens is 929 g/mol. The van der Waals surface area contributed by atoms with Gasteiger partial charge in [-0.1, -0.05) is 48.5 Å². The van der Waals surface area contributed by atoms with Crippen LogP contribution >= 0.6 is 0 Å². The first kappa shape index (κ1) is 54.3. The van der Waals surface area contributed by atoms with Gasteiger partial charge in [0, 0.05) is 61.0 Å². The molecule has 23 nitrogen and oxygen atoms in total. The van der Waals surface area contributed by atoms with E-state index in [1.165, 1.54) is 0 Å². The predicted octanol–water partition coefficient (Wildman–Crippen LogP) is 2.36. The minimum atomic E-state index is -1.86. The zero-order valence-corrected chi connectivity index (χ0v) is 39.6. The van der Waals surface area contributed by atoms with Crippen LogP contribution in [0, 0.1) is 0 Å². The van der Waals surface area contributed by atoms with Crippen LogP contribution in [0.1, 0.15) is 84.8 Å². The molecule has 2 aromatic rings. The van der Waals surface area contributed by atoms with Crippen molar-refractivity contribution in [1.82, 2.24) is 10.6 Å². The molecule has 2 saturated heterocycles. The van der Waals surface area contributed by atoms with Gasteiger partial charge in [-0.05, 0) is 41.5 Å². The molecule has 11 atom stereocenters. The number of fused-ring (bicyclic) bond motifs is 3. The van der Waals surface area contributed by atoms with E-state index in [1.807, 2.05) is 48.5 Å². The summed E-state index contributed by atoms with van der Waals surface area (Å²) in [6.45, 7) is 6.07. The molecule has 23 heteroatoms. The number of hydrogen-bond acceptors (Lipinski definition) is 20. The number of alkyl carbamates (subject to hydrolysis) is 1. The average Bonchev–Trinajstić information content (AvgIpc) is 3.59. The van der Waals surface area contributed by atoms with Crippen LogP contribution in [0.5, 0.6) is 0 Å². The Bertz CT molecular complexity index is 2190. The van der Waals surface area contributed by atoms with E-state index in [4.69, 9.17) is 52.1 Å². The number of ether oxygens (including phenoxy) is 11. The summed E-state index contributed by atoms with van der Waals surface area (Å²) in [5, 5.41) is 15.1. The SMILES string of the molecule is CC(=O)N[C@H]1[C@@H](OCCCCC(NC(=O)OCC2c3ccccc3-c3ccccc32)C(=O)O)O[C@H](COC(C)=O)[C@H](OC(C)=O)[C@@H]1O[C@@H]1O[C@H](COC(C)=O)[C@H](OC(C)=O)[C@H](OC(C)=O)[C@H]1OC(C)=O. The first-order valence-corrected chi connectivity index (χ1v) is 22.4. The van der Waals surface area contributed by atoms with Crippen molar-refractivity contribution in [2.45, 2.75) is 141 Å². The normalized spacial score (nSPS) is 25.1. The summed E-state index contributed by atoms with van der Waals surface area (Å²) >= 11 is 0. The zero-order valence-electron chi connectivity index (χ0n) is 39.6. The molecule has 1 aliphatic carbocycles. The van der Waals surface area contributed by atoms with Gasteiger partial charge in [0.25, 0.3) is 0 Å². The molecule has 0 bridgehead atoms. The molecule has 2 aliphatic heterocycles. The summed E-state index contributed by atoms with van der Waals surface area (Å²) in [4.78, 5) is 112. The minimum absolute atomic E-state index is 0.0356. The topological polar surface area (TPSA) is 299 Å². The Kier molecular flexibility index (Phi) is 19.6. The molecule has 0 spiro atoms. The first-order chi connectivity index (χ1) is 33.2. The molecule has 2 amide bonds. The second-order valence-electron chi connectivity index (χ2n) is 16.5. The van der Waals surface area contributed by atoms with E-state index in [0.29, 0.717) is 0 Å². The third-order valence-electron chi connectivity index (χ3n) is 11.1. The molecule has 70 heavy (non-hydrogen) atoms. The summed E-state index contributed by atoms with van der Waals surface area (Å²) in [5.41, 5.74) is 4.00. The van der Waals surface area contributed by atoms with E-state index in [2.05, 4.69) is 10.6 Å². The lowest BCUT2D eigenvalue weighted by Crippen LogP contribution is -2.69. The number of carbonyl (C=O) groups is 9. The summed E-state index contributed by atoms with van der Waals surface area (Å²) in [6, 6.07) is 12.7. The van der Waals surface area contributed by atoms with Gasteiger partial charge in [-0.15, -0.1) is 0 Å². The van der Waals surface area contributed by atoms with Crippen molar-refractivity contribution in [2.24, 2.45) is 0 Å². The first-order valence-electron chi connectivity index (χ1n) is 22.4. The molecular formula is C47H58N2O21. The number of amides is 2. The van der Waals surface area contributed by atoms with Crippen LogP contribution in [0.15, 0.2) is 48.5 Å². The fourth-order valence-corrected chi connectivity index (χ4v) is 8.41. The number of unbranched alkanes of at least 4 members (excludes halogenated alkanes) is 1. The number of carboxylic acid groups (broad SMARTS) is 1. The Morgan fingerprint density at radius 1 is 0.571 bits per heavy atom. The Labute approximate surface area is 402 Å². The monoisotopic (exact) mass is 986 g/mol. The van der Waals surface area contributed by atoms with Crippen LogP contribution in [-0.4, -0.2) is 153 Å². The van der Waals surface area contributed by atoms with Gasteiger partial charge in [-0.3, -0.25) is 33.6 Å². The van der Waals surface area contributed by atoms with Crippen molar-refractivity contribution in [3.8, 4) is 11.1 Å². The van der Waals surface area contributed by atoms with Gasteiger partial charge in [0.2, 0.25) is 5.91 Å². The van der Waals surface area contributed by atoms with Gasteiger partial charge in [-0.25, -0.2) is 9.59 Å². The number of esters is 6. The van der Waals surface area contributed by atoms with Crippen LogP contribution in [0.4, 0.5) is 4.79 Å². The second-order valence-corrected chi connectivity index (χ2v) is 16.5. The number of rotatable bonds is 21. The standard InChI is InChI=1S/C47H58N2O21/c1-23(50)48-38-41(70-46-43(67-29(7)56)42(66-28(6)55)40(65-27(5)54)37(69-46)22-62-25(3)52)39(64-26(4)53)36(21-61-24(2)51)68-45(38)60-19-13-12-18-35(44(57)58)49-47(59)63-20-34-32-16-10-8-14-30(32)31-15-9-11-17-33(31)34/h8-11,14-17,34-43,45-46H,12-13,18-22H2,1-7H3,(H,48,50)(H,49,59)(H,57,58)/t35?,36-,37-,38-,39+,40+,41-,42+,43-,45+,46+/m1/s1. The van der Waals surface area contributed by atoms with E-state index in [-0.39, 0.29) is 38.4 Å². The van der Waals surface area contributed by atoms with E-state index in [9.17, 15) is 48.3 Å². The smallest absolute Gasteiger partial charge is 0.407 e. The fourth-order valence-electron chi connectivity index (χ4n) is 8.41. The fraction of sp³-hybridized carbons (Fsp3) is 0.553. The van der Waals surface area contributed by atoms with E-state index >= 15 is 0 Å². The highest BCUT2D eigenvalue weighted by Gasteiger charge is 2.57. The van der Waals surface area contributed by atoms with Crippen molar-refractivity contribution in [1.29, 1.82) is 0 Å². The van der Waals surface area contributed by atoms with Gasteiger partial charge in [0.15, 0.2) is 37.0 Å². The molecule has 2 fully saturated rings. The number of nitrogens with one attached hydrogen (secondary N) is 2. The average molecular weight is 987 g/mol. The van der Waals surface area contributed by atoms with E-state index < -0.39 is 134 Å². The molecule has 0 radical (unpaired) electrons. The quantitative estimate of drug-likeness (QED) is 0.0919. The molecule has 3 aliphatic rings. The highest BCUT2D eigenvalue weighted by Crippen LogP contribution is 2.44. The Hall–Kier alpha value is -6.69. The minimum Gasteiger partial charge on any atom is -0.480 e. The molecule has 1 unspecified atom stereocenters.